The molecule has 0 aliphatic heterocycles. The smallest absolute Gasteiger partial charge is 0.0208 e. The van der Waals surface area contributed by atoms with Crippen LogP contribution < -0.4 is 5.32 Å². The summed E-state index contributed by atoms with van der Waals surface area (Å²) in [6.45, 7) is 3.25. The first-order valence-electron chi connectivity index (χ1n) is 8.07. The van der Waals surface area contributed by atoms with Crippen LogP contribution in [-0.4, -0.2) is 6.04 Å². The second-order valence-corrected chi connectivity index (χ2v) is 7.33. The van der Waals surface area contributed by atoms with Gasteiger partial charge < -0.3 is 5.32 Å². The zero-order valence-corrected chi connectivity index (χ0v) is 11.9. The molecule has 0 radical (unpaired) electrons. The Kier molecular flexibility index (Phi) is 2.91. The van der Waals surface area contributed by atoms with Gasteiger partial charge in [0.1, 0.15) is 0 Å². The van der Waals surface area contributed by atoms with Crippen LogP contribution in [0, 0.1) is 30.6 Å². The fraction of sp³-hybridized carbons (Fsp3) is 0.667. The standard InChI is InChI=1S/C18H25N/c1-12-3-2-4-13(5-12)11-19-18-16-7-14-6-15(9-16)10-17(18)8-14/h2-5,14-19H,6-11H2,1H3. The van der Waals surface area contributed by atoms with Gasteiger partial charge in [-0.05, 0) is 68.3 Å². The minimum atomic E-state index is 0.813. The Morgan fingerprint density at radius 3 is 2.32 bits per heavy atom. The third-order valence-corrected chi connectivity index (χ3v) is 5.85. The molecule has 1 aromatic rings. The van der Waals surface area contributed by atoms with Crippen LogP contribution in [0.4, 0.5) is 0 Å². The van der Waals surface area contributed by atoms with E-state index in [9.17, 15) is 0 Å². The summed E-state index contributed by atoms with van der Waals surface area (Å²) in [6, 6.07) is 9.77. The number of benzene rings is 1. The Balaban J connectivity index is 1.43. The van der Waals surface area contributed by atoms with Gasteiger partial charge in [0.15, 0.2) is 0 Å². The van der Waals surface area contributed by atoms with Crippen molar-refractivity contribution in [1.29, 1.82) is 0 Å². The van der Waals surface area contributed by atoms with E-state index in [0.29, 0.717) is 0 Å². The maximum atomic E-state index is 3.91. The van der Waals surface area contributed by atoms with E-state index in [1.165, 1.54) is 36.8 Å². The van der Waals surface area contributed by atoms with E-state index in [0.717, 1.165) is 36.3 Å². The van der Waals surface area contributed by atoms with E-state index in [1.54, 1.807) is 6.42 Å². The van der Waals surface area contributed by atoms with Gasteiger partial charge in [-0.1, -0.05) is 29.8 Å². The van der Waals surface area contributed by atoms with E-state index < -0.39 is 0 Å². The summed E-state index contributed by atoms with van der Waals surface area (Å²) < 4.78 is 0. The maximum Gasteiger partial charge on any atom is 0.0208 e. The molecular formula is C18H25N. The van der Waals surface area contributed by atoms with Crippen LogP contribution >= 0.6 is 0 Å². The molecule has 4 aliphatic carbocycles. The summed E-state index contributed by atoms with van der Waals surface area (Å²) in [5.74, 6) is 4.14. The summed E-state index contributed by atoms with van der Waals surface area (Å²) in [4.78, 5) is 0. The first kappa shape index (κ1) is 12.0. The SMILES string of the molecule is Cc1cccc(CNC2C3CC4CC(C3)CC2C4)c1. The van der Waals surface area contributed by atoms with Gasteiger partial charge >= 0.3 is 0 Å². The van der Waals surface area contributed by atoms with Crippen molar-refractivity contribution >= 4 is 0 Å². The number of nitrogens with one attached hydrogen (secondary N) is 1. The van der Waals surface area contributed by atoms with Gasteiger partial charge in [0.25, 0.3) is 0 Å². The molecule has 0 spiro atoms. The molecule has 0 unspecified atom stereocenters. The molecular weight excluding hydrogens is 230 g/mol. The molecule has 1 nitrogen and oxygen atoms in total. The molecule has 102 valence electrons. The highest BCUT2D eigenvalue weighted by atomic mass is 14.9. The fourth-order valence-electron chi connectivity index (χ4n) is 5.32. The summed E-state index contributed by atoms with van der Waals surface area (Å²) in [5.41, 5.74) is 2.83. The number of hydrogen-bond donors (Lipinski definition) is 1. The second kappa shape index (κ2) is 4.63. The Hall–Kier alpha value is -0.820. The average molecular weight is 255 g/mol. The van der Waals surface area contributed by atoms with E-state index in [4.69, 9.17) is 0 Å². The van der Waals surface area contributed by atoms with Crippen LogP contribution in [0.15, 0.2) is 24.3 Å². The van der Waals surface area contributed by atoms with E-state index in [-0.39, 0.29) is 0 Å². The highest BCUT2D eigenvalue weighted by molar-refractivity contribution is 5.22. The molecule has 1 heteroatoms. The molecule has 4 bridgehead atoms. The lowest BCUT2D eigenvalue weighted by Gasteiger charge is -2.54. The minimum absolute atomic E-state index is 0.813. The minimum Gasteiger partial charge on any atom is -0.309 e. The van der Waals surface area contributed by atoms with Crippen LogP contribution in [0.1, 0.15) is 43.2 Å². The highest BCUT2D eigenvalue weighted by Gasteiger charge is 2.47. The Labute approximate surface area is 116 Å². The maximum absolute atomic E-state index is 3.91. The lowest BCUT2D eigenvalue weighted by molar-refractivity contribution is -0.0142. The van der Waals surface area contributed by atoms with Crippen LogP contribution in [0.25, 0.3) is 0 Å². The molecule has 0 heterocycles. The fourth-order valence-corrected chi connectivity index (χ4v) is 5.32. The number of aryl methyl sites for hydroxylation is 1. The third-order valence-electron chi connectivity index (χ3n) is 5.85. The summed E-state index contributed by atoms with van der Waals surface area (Å²) in [5, 5.41) is 3.91. The third kappa shape index (κ3) is 2.23. The van der Waals surface area contributed by atoms with Gasteiger partial charge in [-0.15, -0.1) is 0 Å². The van der Waals surface area contributed by atoms with Crippen LogP contribution in [-0.2, 0) is 6.54 Å². The van der Waals surface area contributed by atoms with Gasteiger partial charge in [-0.25, -0.2) is 0 Å². The lowest BCUT2D eigenvalue weighted by atomic mass is 9.54. The van der Waals surface area contributed by atoms with Crippen molar-refractivity contribution in [2.24, 2.45) is 23.7 Å². The first-order valence-corrected chi connectivity index (χ1v) is 8.07. The molecule has 5 rings (SSSR count). The number of rotatable bonds is 3. The first-order chi connectivity index (χ1) is 9.28. The van der Waals surface area contributed by atoms with Crippen molar-refractivity contribution in [3.8, 4) is 0 Å². The summed E-state index contributed by atoms with van der Waals surface area (Å²) in [6.07, 6.45) is 7.60. The van der Waals surface area contributed by atoms with Crippen molar-refractivity contribution in [1.82, 2.24) is 5.32 Å². The van der Waals surface area contributed by atoms with Crippen LogP contribution in [0.3, 0.4) is 0 Å². The van der Waals surface area contributed by atoms with Gasteiger partial charge in [0.05, 0.1) is 0 Å². The summed E-state index contributed by atoms with van der Waals surface area (Å²) >= 11 is 0. The molecule has 4 saturated carbocycles. The van der Waals surface area contributed by atoms with E-state index >= 15 is 0 Å². The van der Waals surface area contributed by atoms with Crippen LogP contribution in [0.5, 0.6) is 0 Å². The molecule has 0 saturated heterocycles. The van der Waals surface area contributed by atoms with Crippen molar-refractivity contribution in [2.75, 3.05) is 0 Å². The van der Waals surface area contributed by atoms with E-state index in [2.05, 4.69) is 36.5 Å². The topological polar surface area (TPSA) is 12.0 Å². The van der Waals surface area contributed by atoms with Crippen molar-refractivity contribution in [3.63, 3.8) is 0 Å². The zero-order valence-electron chi connectivity index (χ0n) is 11.9. The molecule has 4 aliphatic rings. The zero-order chi connectivity index (χ0) is 12.8. The highest BCUT2D eigenvalue weighted by Crippen LogP contribution is 2.53. The van der Waals surface area contributed by atoms with Gasteiger partial charge in [-0.3, -0.25) is 0 Å². The molecule has 1 N–H and O–H groups in total. The van der Waals surface area contributed by atoms with Crippen molar-refractivity contribution in [2.45, 2.75) is 51.6 Å². The predicted molar refractivity (Wildman–Crippen MR) is 78.9 cm³/mol. The van der Waals surface area contributed by atoms with Gasteiger partial charge in [-0.2, -0.15) is 0 Å². The molecule has 0 amide bonds. The molecule has 19 heavy (non-hydrogen) atoms. The second-order valence-electron chi connectivity index (χ2n) is 7.33. The van der Waals surface area contributed by atoms with E-state index in [1.807, 2.05) is 0 Å². The normalized spacial score (nSPS) is 39.7. The lowest BCUT2D eigenvalue weighted by Crippen LogP contribution is -2.54. The monoisotopic (exact) mass is 255 g/mol. The quantitative estimate of drug-likeness (QED) is 0.863. The molecule has 0 aromatic heterocycles. The number of hydrogen-bond acceptors (Lipinski definition) is 1. The molecule has 0 atom stereocenters. The van der Waals surface area contributed by atoms with Crippen molar-refractivity contribution in [3.05, 3.63) is 35.4 Å². The average Bonchev–Trinajstić information content (AvgIpc) is 2.37. The van der Waals surface area contributed by atoms with Gasteiger partial charge in [0, 0.05) is 12.6 Å². The molecule has 1 aromatic carbocycles. The Bertz CT molecular complexity index is 437. The molecule has 4 fully saturated rings. The predicted octanol–water partition coefficient (Wildman–Crippen LogP) is 3.91. The van der Waals surface area contributed by atoms with Crippen LogP contribution in [0.2, 0.25) is 0 Å². The largest absolute Gasteiger partial charge is 0.309 e. The Morgan fingerprint density at radius 1 is 1.00 bits per heavy atom. The Morgan fingerprint density at radius 2 is 1.68 bits per heavy atom. The van der Waals surface area contributed by atoms with Gasteiger partial charge in [0.2, 0.25) is 0 Å². The van der Waals surface area contributed by atoms with Crippen molar-refractivity contribution < 1.29 is 0 Å². The summed E-state index contributed by atoms with van der Waals surface area (Å²) in [7, 11) is 0.